The van der Waals surface area contributed by atoms with Crippen LogP contribution < -0.4 is 10.9 Å². The SMILES string of the molecule is O=C(NC1CC2(C1)CC(c1n[nH]c(=O)c3ccccc13)C2)c1cnn2cc(Br)ccc12. The molecule has 6 rings (SSSR count). The van der Waals surface area contributed by atoms with Gasteiger partial charge < -0.3 is 5.32 Å². The number of benzene rings is 1. The molecule has 3 heterocycles. The number of rotatable bonds is 3. The predicted octanol–water partition coefficient (Wildman–Crippen LogP) is 3.79. The van der Waals surface area contributed by atoms with Crippen LogP contribution in [0.2, 0.25) is 0 Å². The molecule has 2 fully saturated rings. The van der Waals surface area contributed by atoms with Gasteiger partial charge in [-0.25, -0.2) is 9.61 Å². The van der Waals surface area contributed by atoms with E-state index in [4.69, 9.17) is 0 Å². The van der Waals surface area contributed by atoms with E-state index in [1.54, 1.807) is 10.7 Å². The fraction of sp³-hybridized carbons (Fsp3) is 0.304. The Hall–Kier alpha value is -3.00. The maximum atomic E-state index is 12.8. The zero-order valence-corrected chi connectivity index (χ0v) is 18.2. The van der Waals surface area contributed by atoms with Crippen molar-refractivity contribution in [2.75, 3.05) is 0 Å². The van der Waals surface area contributed by atoms with Crippen molar-refractivity contribution in [3.8, 4) is 0 Å². The van der Waals surface area contributed by atoms with Gasteiger partial charge in [-0.1, -0.05) is 18.2 Å². The first-order chi connectivity index (χ1) is 15.0. The average molecular weight is 478 g/mol. The molecule has 0 radical (unpaired) electrons. The Labute approximate surface area is 186 Å². The predicted molar refractivity (Wildman–Crippen MR) is 120 cm³/mol. The van der Waals surface area contributed by atoms with Gasteiger partial charge in [0.05, 0.1) is 28.4 Å². The lowest BCUT2D eigenvalue weighted by Gasteiger charge is -2.57. The number of aromatic nitrogens is 4. The molecule has 7 nitrogen and oxygen atoms in total. The van der Waals surface area contributed by atoms with Crippen molar-refractivity contribution >= 4 is 38.1 Å². The minimum Gasteiger partial charge on any atom is -0.349 e. The Morgan fingerprint density at radius 3 is 2.71 bits per heavy atom. The molecular weight excluding hydrogens is 458 g/mol. The summed E-state index contributed by atoms with van der Waals surface area (Å²) in [5.74, 6) is 0.290. The molecule has 2 aliphatic rings. The number of hydrogen-bond acceptors (Lipinski definition) is 4. The van der Waals surface area contributed by atoms with Gasteiger partial charge in [0.1, 0.15) is 0 Å². The largest absolute Gasteiger partial charge is 0.349 e. The summed E-state index contributed by atoms with van der Waals surface area (Å²) in [7, 11) is 0. The summed E-state index contributed by atoms with van der Waals surface area (Å²) in [5, 5.41) is 16.1. The molecule has 1 spiro atoms. The number of H-pyrrole nitrogens is 1. The number of carbonyl (C=O) groups is 1. The summed E-state index contributed by atoms with van der Waals surface area (Å²) in [4.78, 5) is 24.8. The molecule has 0 aliphatic heterocycles. The van der Waals surface area contributed by atoms with Crippen LogP contribution in [0.25, 0.3) is 16.3 Å². The van der Waals surface area contributed by atoms with Crippen molar-refractivity contribution in [2.45, 2.75) is 37.6 Å². The normalized spacial score (nSPS) is 24.8. The number of carbonyl (C=O) groups excluding carboxylic acids is 1. The Morgan fingerprint density at radius 1 is 1.13 bits per heavy atom. The summed E-state index contributed by atoms with van der Waals surface area (Å²) in [6.45, 7) is 0. The molecule has 4 aromatic rings. The molecule has 3 aromatic heterocycles. The number of halogens is 1. The van der Waals surface area contributed by atoms with E-state index in [1.165, 1.54) is 0 Å². The topological polar surface area (TPSA) is 92.1 Å². The smallest absolute Gasteiger partial charge is 0.272 e. The third-order valence-corrected chi connectivity index (χ3v) is 7.36. The van der Waals surface area contributed by atoms with Crippen molar-refractivity contribution < 1.29 is 4.79 Å². The second-order valence-electron chi connectivity index (χ2n) is 8.90. The second-order valence-corrected chi connectivity index (χ2v) is 9.82. The summed E-state index contributed by atoms with van der Waals surface area (Å²) >= 11 is 3.42. The zero-order valence-electron chi connectivity index (χ0n) is 16.6. The molecule has 0 bridgehead atoms. The molecule has 2 aliphatic carbocycles. The fourth-order valence-corrected chi connectivity index (χ4v) is 5.77. The fourth-order valence-electron chi connectivity index (χ4n) is 5.44. The van der Waals surface area contributed by atoms with Gasteiger partial charge in [0.25, 0.3) is 11.5 Å². The van der Waals surface area contributed by atoms with Crippen LogP contribution in [-0.2, 0) is 0 Å². The van der Waals surface area contributed by atoms with E-state index < -0.39 is 0 Å². The number of nitrogens with one attached hydrogen (secondary N) is 2. The van der Waals surface area contributed by atoms with E-state index in [-0.39, 0.29) is 22.9 Å². The van der Waals surface area contributed by atoms with E-state index in [0.717, 1.165) is 46.8 Å². The molecule has 156 valence electrons. The number of amides is 1. The molecular formula is C23H20BrN5O2. The Bertz CT molecular complexity index is 1390. The standard InChI is InChI=1S/C23H20BrN5O2/c24-14-5-6-19-18(11-25-29(19)12-14)21(30)26-15-9-23(10-15)7-13(8-23)20-16-3-1-2-4-17(16)22(31)28-27-20/h1-6,11-13,15H,7-10H2,(H,26,30)(H,28,31). The molecule has 1 amide bonds. The van der Waals surface area contributed by atoms with Gasteiger partial charge in [-0.15, -0.1) is 0 Å². The first-order valence-corrected chi connectivity index (χ1v) is 11.2. The first-order valence-electron chi connectivity index (χ1n) is 10.4. The third-order valence-electron chi connectivity index (χ3n) is 6.89. The number of fused-ring (bicyclic) bond motifs is 2. The van der Waals surface area contributed by atoms with Crippen LogP contribution in [0.4, 0.5) is 0 Å². The van der Waals surface area contributed by atoms with Crippen LogP contribution in [-0.4, -0.2) is 31.8 Å². The number of pyridine rings is 1. The van der Waals surface area contributed by atoms with Crippen molar-refractivity contribution in [3.05, 3.63) is 74.9 Å². The third kappa shape index (κ3) is 3.00. The molecule has 8 heteroatoms. The van der Waals surface area contributed by atoms with Crippen LogP contribution in [0.1, 0.15) is 47.7 Å². The van der Waals surface area contributed by atoms with Crippen molar-refractivity contribution in [3.63, 3.8) is 0 Å². The molecule has 0 atom stereocenters. The van der Waals surface area contributed by atoms with E-state index >= 15 is 0 Å². The number of aromatic amines is 1. The van der Waals surface area contributed by atoms with Gasteiger partial charge in [-0.2, -0.15) is 10.2 Å². The Balaban J connectivity index is 1.12. The highest BCUT2D eigenvalue weighted by Crippen LogP contribution is 2.62. The van der Waals surface area contributed by atoms with Gasteiger partial charge in [0, 0.05) is 28.0 Å². The van der Waals surface area contributed by atoms with Crippen molar-refractivity contribution in [2.24, 2.45) is 5.41 Å². The van der Waals surface area contributed by atoms with Crippen LogP contribution in [0.15, 0.2) is 58.1 Å². The van der Waals surface area contributed by atoms with Crippen LogP contribution in [0.3, 0.4) is 0 Å². The van der Waals surface area contributed by atoms with Gasteiger partial charge in [0.15, 0.2) is 0 Å². The molecule has 1 aromatic carbocycles. The van der Waals surface area contributed by atoms with Gasteiger partial charge in [-0.05, 0) is 65.2 Å². The van der Waals surface area contributed by atoms with E-state index in [0.29, 0.717) is 16.9 Å². The zero-order chi connectivity index (χ0) is 21.2. The maximum Gasteiger partial charge on any atom is 0.272 e. The summed E-state index contributed by atoms with van der Waals surface area (Å²) in [6.07, 6.45) is 7.54. The number of nitrogens with zero attached hydrogens (tertiary/aromatic N) is 3. The summed E-state index contributed by atoms with van der Waals surface area (Å²) in [5.41, 5.74) is 2.54. The lowest BCUT2D eigenvalue weighted by Crippen LogP contribution is -2.55. The van der Waals surface area contributed by atoms with E-state index in [1.807, 2.05) is 42.6 Å². The Morgan fingerprint density at radius 2 is 1.90 bits per heavy atom. The lowest BCUT2D eigenvalue weighted by atomic mass is 9.49. The van der Waals surface area contributed by atoms with Gasteiger partial charge >= 0.3 is 0 Å². The van der Waals surface area contributed by atoms with Crippen molar-refractivity contribution in [1.82, 2.24) is 25.1 Å². The highest BCUT2D eigenvalue weighted by Gasteiger charge is 2.54. The highest BCUT2D eigenvalue weighted by molar-refractivity contribution is 9.10. The van der Waals surface area contributed by atoms with E-state index in [2.05, 4.69) is 36.5 Å². The maximum absolute atomic E-state index is 12.8. The molecule has 31 heavy (non-hydrogen) atoms. The van der Waals surface area contributed by atoms with Crippen LogP contribution in [0.5, 0.6) is 0 Å². The molecule has 2 saturated carbocycles. The number of hydrogen-bond donors (Lipinski definition) is 2. The summed E-state index contributed by atoms with van der Waals surface area (Å²) in [6, 6.07) is 11.7. The molecule has 2 N–H and O–H groups in total. The van der Waals surface area contributed by atoms with Crippen molar-refractivity contribution in [1.29, 1.82) is 0 Å². The molecule has 0 unspecified atom stereocenters. The minimum atomic E-state index is -0.139. The molecule has 0 saturated heterocycles. The van der Waals surface area contributed by atoms with E-state index in [9.17, 15) is 9.59 Å². The van der Waals surface area contributed by atoms with Crippen LogP contribution in [0, 0.1) is 5.41 Å². The monoisotopic (exact) mass is 477 g/mol. The minimum absolute atomic E-state index is 0.0682. The lowest BCUT2D eigenvalue weighted by molar-refractivity contribution is -0.0196. The quantitative estimate of drug-likeness (QED) is 0.469. The highest BCUT2D eigenvalue weighted by atomic mass is 79.9. The van der Waals surface area contributed by atoms with Crippen LogP contribution >= 0.6 is 15.9 Å². The Kier molecular flexibility index (Phi) is 4.08. The summed E-state index contributed by atoms with van der Waals surface area (Å²) < 4.78 is 2.62. The van der Waals surface area contributed by atoms with Gasteiger partial charge in [-0.3, -0.25) is 9.59 Å². The second kappa shape index (κ2) is 6.75. The van der Waals surface area contributed by atoms with Gasteiger partial charge in [0.2, 0.25) is 0 Å². The average Bonchev–Trinajstić information content (AvgIpc) is 3.13. The first kappa shape index (κ1) is 18.7.